The number of anilines is 2. The average molecular weight is 309 g/mol. The van der Waals surface area contributed by atoms with Crippen LogP contribution in [0, 0.1) is 0 Å². The molecule has 0 saturated heterocycles. The Labute approximate surface area is 124 Å². The smallest absolute Gasteiger partial charge is 0.277 e. The van der Waals surface area contributed by atoms with Crippen LogP contribution < -0.4 is 10.6 Å². The van der Waals surface area contributed by atoms with Gasteiger partial charge in [0.25, 0.3) is 5.91 Å². The van der Waals surface area contributed by atoms with E-state index >= 15 is 0 Å². The van der Waals surface area contributed by atoms with E-state index in [1.54, 1.807) is 5.38 Å². The highest BCUT2D eigenvalue weighted by atomic mass is 32.1. The molecule has 1 aliphatic rings. The van der Waals surface area contributed by atoms with Gasteiger partial charge in [-0.05, 0) is 26.7 Å². The highest BCUT2D eigenvalue weighted by Crippen LogP contribution is 2.42. The van der Waals surface area contributed by atoms with E-state index in [0.717, 1.165) is 10.1 Å². The van der Waals surface area contributed by atoms with Crippen molar-refractivity contribution in [1.82, 2.24) is 15.2 Å². The molecule has 1 aliphatic carbocycles. The summed E-state index contributed by atoms with van der Waals surface area (Å²) in [5.74, 6) is 0.316. The molecule has 2 N–H and O–H groups in total. The molecule has 2 aromatic rings. The summed E-state index contributed by atoms with van der Waals surface area (Å²) in [6.45, 7) is 4.06. The normalized spacial score (nSPS) is 14.6. The van der Waals surface area contributed by atoms with E-state index in [1.165, 1.54) is 35.5 Å². The summed E-state index contributed by atoms with van der Waals surface area (Å²) in [7, 11) is 0. The Kier molecular flexibility index (Phi) is 3.66. The zero-order valence-electron chi connectivity index (χ0n) is 11.2. The third-order valence-electron chi connectivity index (χ3n) is 2.74. The van der Waals surface area contributed by atoms with E-state index in [-0.39, 0.29) is 5.91 Å². The van der Waals surface area contributed by atoms with Crippen molar-refractivity contribution in [2.24, 2.45) is 0 Å². The summed E-state index contributed by atoms with van der Waals surface area (Å²) >= 11 is 2.87. The van der Waals surface area contributed by atoms with Crippen molar-refractivity contribution in [2.75, 3.05) is 10.6 Å². The molecule has 6 nitrogen and oxygen atoms in total. The first-order chi connectivity index (χ1) is 9.61. The lowest BCUT2D eigenvalue weighted by atomic mass is 10.4. The second kappa shape index (κ2) is 5.45. The lowest BCUT2D eigenvalue weighted by molar-refractivity contribution is 0.102. The maximum Gasteiger partial charge on any atom is 0.277 e. The van der Waals surface area contributed by atoms with Gasteiger partial charge in [-0.25, -0.2) is 4.98 Å². The Morgan fingerprint density at radius 1 is 1.35 bits per heavy atom. The maximum absolute atomic E-state index is 12.1. The van der Waals surface area contributed by atoms with E-state index in [9.17, 15) is 4.79 Å². The highest BCUT2D eigenvalue weighted by Gasteiger charge is 2.27. The Bertz CT molecular complexity index is 617. The molecule has 0 spiro atoms. The molecule has 20 heavy (non-hydrogen) atoms. The first-order valence-corrected chi connectivity index (χ1v) is 8.18. The summed E-state index contributed by atoms with van der Waals surface area (Å²) in [5.41, 5.74) is 0.404. The zero-order chi connectivity index (χ0) is 14.1. The van der Waals surface area contributed by atoms with Crippen LogP contribution in [0.4, 0.5) is 10.3 Å². The molecule has 1 saturated carbocycles. The van der Waals surface area contributed by atoms with E-state index in [4.69, 9.17) is 0 Å². The monoisotopic (exact) mass is 309 g/mol. The van der Waals surface area contributed by atoms with Crippen LogP contribution in [0.1, 0.15) is 48.1 Å². The van der Waals surface area contributed by atoms with Gasteiger partial charge in [0.2, 0.25) is 5.13 Å². The van der Waals surface area contributed by atoms with Crippen molar-refractivity contribution < 1.29 is 4.79 Å². The number of nitrogens with zero attached hydrogens (tertiary/aromatic N) is 3. The molecule has 0 bridgehead atoms. The van der Waals surface area contributed by atoms with Gasteiger partial charge in [0.1, 0.15) is 10.7 Å². The van der Waals surface area contributed by atoms with Crippen molar-refractivity contribution in [1.29, 1.82) is 0 Å². The molecular formula is C12H15N5OS2. The Morgan fingerprint density at radius 2 is 2.15 bits per heavy atom. The fraction of sp³-hybridized carbons (Fsp3) is 0.500. The molecular weight excluding hydrogens is 294 g/mol. The van der Waals surface area contributed by atoms with Gasteiger partial charge in [-0.1, -0.05) is 11.3 Å². The third-order valence-corrected chi connectivity index (χ3v) is 4.51. The number of carbonyl (C=O) groups is 1. The van der Waals surface area contributed by atoms with Crippen molar-refractivity contribution in [2.45, 2.75) is 38.6 Å². The second-order valence-corrected chi connectivity index (χ2v) is 6.88. The number of amides is 1. The summed E-state index contributed by atoms with van der Waals surface area (Å²) in [4.78, 5) is 16.3. The lowest BCUT2D eigenvalue weighted by Gasteiger charge is -2.04. The van der Waals surface area contributed by atoms with Crippen molar-refractivity contribution in [3.63, 3.8) is 0 Å². The van der Waals surface area contributed by atoms with E-state index < -0.39 is 0 Å². The Balaban J connectivity index is 1.64. The summed E-state index contributed by atoms with van der Waals surface area (Å²) < 4.78 is 0. The number of carbonyl (C=O) groups excluding carboxylic acids is 1. The quantitative estimate of drug-likeness (QED) is 0.887. The summed E-state index contributed by atoms with van der Waals surface area (Å²) in [6.07, 6.45) is 2.36. The van der Waals surface area contributed by atoms with E-state index in [1.807, 2.05) is 13.8 Å². The van der Waals surface area contributed by atoms with Gasteiger partial charge in [-0.3, -0.25) is 10.1 Å². The molecule has 8 heteroatoms. The fourth-order valence-corrected chi connectivity index (χ4v) is 3.38. The molecule has 2 heterocycles. The van der Waals surface area contributed by atoms with Crippen LogP contribution in [0.15, 0.2) is 5.38 Å². The molecule has 0 unspecified atom stereocenters. The molecule has 0 aliphatic heterocycles. The van der Waals surface area contributed by atoms with Crippen LogP contribution in [0.25, 0.3) is 0 Å². The molecule has 2 aromatic heterocycles. The number of thiazole rings is 1. The lowest BCUT2D eigenvalue weighted by Crippen LogP contribution is -2.13. The number of aromatic nitrogens is 3. The predicted octanol–water partition coefficient (Wildman–Crippen LogP) is 2.94. The number of nitrogens with one attached hydrogen (secondary N) is 2. The standard InChI is InChI=1S/C12H15N5OS2/c1-6(2)13-11-14-8(5-19-11)9(18)15-12-17-16-10(20-12)7-3-4-7/h5-7H,3-4H2,1-2H3,(H,13,14)(H,15,17,18). The summed E-state index contributed by atoms with van der Waals surface area (Å²) in [5, 5.41) is 18.1. The third kappa shape index (κ3) is 3.13. The molecule has 1 amide bonds. The van der Waals surface area contributed by atoms with Gasteiger partial charge in [0, 0.05) is 17.3 Å². The molecule has 3 rings (SSSR count). The van der Waals surface area contributed by atoms with E-state index in [2.05, 4.69) is 25.8 Å². The largest absolute Gasteiger partial charge is 0.359 e. The average Bonchev–Trinajstić information content (AvgIpc) is 2.96. The number of hydrogen-bond acceptors (Lipinski definition) is 7. The Hall–Kier alpha value is -1.54. The first kappa shape index (κ1) is 13.4. The first-order valence-electron chi connectivity index (χ1n) is 6.48. The van der Waals surface area contributed by atoms with Gasteiger partial charge in [0.15, 0.2) is 5.13 Å². The van der Waals surface area contributed by atoms with Crippen LogP contribution in [-0.4, -0.2) is 27.1 Å². The Morgan fingerprint density at radius 3 is 2.85 bits per heavy atom. The van der Waals surface area contributed by atoms with Crippen LogP contribution in [0.5, 0.6) is 0 Å². The van der Waals surface area contributed by atoms with E-state index in [0.29, 0.717) is 22.8 Å². The van der Waals surface area contributed by atoms with Gasteiger partial charge in [0.05, 0.1) is 0 Å². The van der Waals surface area contributed by atoms with Crippen LogP contribution in [0.2, 0.25) is 0 Å². The number of rotatable bonds is 5. The molecule has 106 valence electrons. The van der Waals surface area contributed by atoms with Crippen LogP contribution in [0.3, 0.4) is 0 Å². The summed E-state index contributed by atoms with van der Waals surface area (Å²) in [6, 6.07) is 0.293. The molecule has 0 aromatic carbocycles. The minimum atomic E-state index is -0.239. The highest BCUT2D eigenvalue weighted by molar-refractivity contribution is 7.15. The van der Waals surface area contributed by atoms with Gasteiger partial charge < -0.3 is 5.32 Å². The van der Waals surface area contributed by atoms with Gasteiger partial charge in [-0.2, -0.15) is 0 Å². The van der Waals surface area contributed by atoms with Gasteiger partial charge >= 0.3 is 0 Å². The molecule has 0 radical (unpaired) electrons. The molecule has 0 atom stereocenters. The predicted molar refractivity (Wildman–Crippen MR) is 80.7 cm³/mol. The minimum absolute atomic E-state index is 0.239. The topological polar surface area (TPSA) is 79.8 Å². The fourth-order valence-electron chi connectivity index (χ4n) is 1.63. The molecule has 1 fully saturated rings. The van der Waals surface area contributed by atoms with Gasteiger partial charge in [-0.15, -0.1) is 21.5 Å². The maximum atomic E-state index is 12.1. The van der Waals surface area contributed by atoms with Crippen molar-refractivity contribution >= 4 is 38.8 Å². The van der Waals surface area contributed by atoms with Crippen LogP contribution in [-0.2, 0) is 0 Å². The van der Waals surface area contributed by atoms with Crippen molar-refractivity contribution in [3.8, 4) is 0 Å². The van der Waals surface area contributed by atoms with Crippen LogP contribution >= 0.6 is 22.7 Å². The second-order valence-electron chi connectivity index (χ2n) is 5.01. The minimum Gasteiger partial charge on any atom is -0.359 e. The van der Waals surface area contributed by atoms with Crippen molar-refractivity contribution in [3.05, 3.63) is 16.1 Å². The number of hydrogen-bond donors (Lipinski definition) is 2. The zero-order valence-corrected chi connectivity index (χ0v) is 12.8. The SMILES string of the molecule is CC(C)Nc1nc(C(=O)Nc2nnc(C3CC3)s2)cs1.